The van der Waals surface area contributed by atoms with E-state index in [1.165, 1.54) is 13.1 Å². The van der Waals surface area contributed by atoms with E-state index in [9.17, 15) is 0 Å². The predicted octanol–water partition coefficient (Wildman–Crippen LogP) is 2.43. The third-order valence-corrected chi connectivity index (χ3v) is 1.56. The SMILES string of the molecule is [CH2]CN(CC(C)C)CC(C)C. The summed E-state index contributed by atoms with van der Waals surface area (Å²) in [6, 6.07) is 0. The lowest BCUT2D eigenvalue weighted by molar-refractivity contribution is 0.240. The average Bonchev–Trinajstić information content (AvgIpc) is 1.84. The van der Waals surface area contributed by atoms with Gasteiger partial charge in [0, 0.05) is 13.1 Å². The van der Waals surface area contributed by atoms with E-state index < -0.39 is 0 Å². The van der Waals surface area contributed by atoms with Crippen LogP contribution in [-0.4, -0.2) is 24.5 Å². The minimum atomic E-state index is 0.760. The van der Waals surface area contributed by atoms with E-state index in [2.05, 4.69) is 39.5 Å². The van der Waals surface area contributed by atoms with Gasteiger partial charge >= 0.3 is 0 Å². The molecule has 0 atom stereocenters. The Labute approximate surface area is 71.8 Å². The molecule has 1 radical (unpaired) electrons. The molecular formula is C10H22N. The molecule has 0 bridgehead atoms. The van der Waals surface area contributed by atoms with Gasteiger partial charge in [-0.2, -0.15) is 0 Å². The van der Waals surface area contributed by atoms with Crippen LogP contribution in [0.5, 0.6) is 0 Å². The molecule has 0 saturated heterocycles. The molecule has 0 aliphatic rings. The molecule has 0 aromatic heterocycles. The van der Waals surface area contributed by atoms with Crippen LogP contribution in [0, 0.1) is 18.8 Å². The second kappa shape index (κ2) is 5.59. The summed E-state index contributed by atoms with van der Waals surface area (Å²) in [5.41, 5.74) is 0. The second-order valence-corrected chi connectivity index (χ2v) is 4.05. The van der Waals surface area contributed by atoms with Crippen molar-refractivity contribution in [2.45, 2.75) is 27.7 Å². The molecule has 0 saturated carbocycles. The van der Waals surface area contributed by atoms with Crippen LogP contribution >= 0.6 is 0 Å². The zero-order valence-corrected chi connectivity index (χ0v) is 8.43. The largest absolute Gasteiger partial charge is 0.303 e. The predicted molar refractivity (Wildman–Crippen MR) is 51.5 cm³/mol. The molecule has 0 aliphatic carbocycles. The van der Waals surface area contributed by atoms with Gasteiger partial charge in [-0.3, -0.25) is 0 Å². The first kappa shape index (κ1) is 11.0. The molecular weight excluding hydrogens is 134 g/mol. The molecule has 67 valence electrons. The highest BCUT2D eigenvalue weighted by atomic mass is 15.1. The quantitative estimate of drug-likeness (QED) is 0.591. The Hall–Kier alpha value is -0.0400. The Bertz CT molecular complexity index is 76.9. The molecule has 0 N–H and O–H groups in total. The molecule has 0 rings (SSSR count). The third-order valence-electron chi connectivity index (χ3n) is 1.56. The van der Waals surface area contributed by atoms with Gasteiger partial charge in [0.05, 0.1) is 0 Å². The first-order valence-corrected chi connectivity index (χ1v) is 4.57. The summed E-state index contributed by atoms with van der Waals surface area (Å²) < 4.78 is 0. The van der Waals surface area contributed by atoms with Crippen LogP contribution in [-0.2, 0) is 0 Å². The molecule has 0 amide bonds. The van der Waals surface area contributed by atoms with E-state index >= 15 is 0 Å². The van der Waals surface area contributed by atoms with E-state index in [0.717, 1.165) is 18.4 Å². The molecule has 0 unspecified atom stereocenters. The fraction of sp³-hybridized carbons (Fsp3) is 0.900. The minimum absolute atomic E-state index is 0.760. The standard InChI is InChI=1S/C10H22N/c1-6-11(7-9(2)3)8-10(4)5/h9-10H,1,6-8H2,2-5H3. The van der Waals surface area contributed by atoms with Crippen LogP contribution in [0.3, 0.4) is 0 Å². The summed E-state index contributed by atoms with van der Waals surface area (Å²) in [6.45, 7) is 16.2. The Morgan fingerprint density at radius 1 is 1.00 bits per heavy atom. The smallest absolute Gasteiger partial charge is 0.000449 e. The van der Waals surface area contributed by atoms with Gasteiger partial charge in [0.15, 0.2) is 0 Å². The monoisotopic (exact) mass is 156 g/mol. The van der Waals surface area contributed by atoms with Crippen molar-refractivity contribution in [2.24, 2.45) is 11.8 Å². The Morgan fingerprint density at radius 2 is 1.36 bits per heavy atom. The van der Waals surface area contributed by atoms with Gasteiger partial charge in [-0.1, -0.05) is 27.7 Å². The zero-order chi connectivity index (χ0) is 8.85. The summed E-state index contributed by atoms with van der Waals surface area (Å²) >= 11 is 0. The number of hydrogen-bond donors (Lipinski definition) is 0. The van der Waals surface area contributed by atoms with Gasteiger partial charge in [0.25, 0.3) is 0 Å². The molecule has 0 fully saturated rings. The molecule has 11 heavy (non-hydrogen) atoms. The molecule has 1 nitrogen and oxygen atoms in total. The maximum absolute atomic E-state index is 3.92. The Morgan fingerprint density at radius 3 is 1.55 bits per heavy atom. The van der Waals surface area contributed by atoms with Gasteiger partial charge in [-0.05, 0) is 25.3 Å². The van der Waals surface area contributed by atoms with Crippen molar-refractivity contribution in [3.63, 3.8) is 0 Å². The maximum atomic E-state index is 3.92. The third kappa shape index (κ3) is 6.36. The zero-order valence-electron chi connectivity index (χ0n) is 8.43. The highest BCUT2D eigenvalue weighted by Gasteiger charge is 2.05. The fourth-order valence-corrected chi connectivity index (χ4v) is 1.29. The van der Waals surface area contributed by atoms with Gasteiger partial charge in [-0.25, -0.2) is 0 Å². The number of rotatable bonds is 5. The van der Waals surface area contributed by atoms with Crippen LogP contribution in [0.15, 0.2) is 0 Å². The normalized spacial score (nSPS) is 12.0. The van der Waals surface area contributed by atoms with Crippen LogP contribution in [0.1, 0.15) is 27.7 Å². The van der Waals surface area contributed by atoms with Crippen molar-refractivity contribution in [2.75, 3.05) is 19.6 Å². The van der Waals surface area contributed by atoms with E-state index in [1.54, 1.807) is 0 Å². The van der Waals surface area contributed by atoms with E-state index in [0.29, 0.717) is 0 Å². The first-order chi connectivity index (χ1) is 5.06. The van der Waals surface area contributed by atoms with Crippen LogP contribution in [0.25, 0.3) is 0 Å². The van der Waals surface area contributed by atoms with E-state index in [1.807, 2.05) is 0 Å². The summed E-state index contributed by atoms with van der Waals surface area (Å²) in [5, 5.41) is 0. The lowest BCUT2D eigenvalue weighted by Crippen LogP contribution is -2.31. The second-order valence-electron chi connectivity index (χ2n) is 4.05. The topological polar surface area (TPSA) is 3.24 Å². The van der Waals surface area contributed by atoms with Crippen molar-refractivity contribution in [1.29, 1.82) is 0 Å². The Kier molecular flexibility index (Phi) is 5.57. The summed E-state index contributed by atoms with van der Waals surface area (Å²) in [6.07, 6.45) is 0. The van der Waals surface area contributed by atoms with Crippen molar-refractivity contribution in [3.8, 4) is 0 Å². The highest BCUT2D eigenvalue weighted by Crippen LogP contribution is 2.02. The fourth-order valence-electron chi connectivity index (χ4n) is 1.29. The lowest BCUT2D eigenvalue weighted by Gasteiger charge is -2.24. The summed E-state index contributed by atoms with van der Waals surface area (Å²) in [5.74, 6) is 1.52. The molecule has 0 heterocycles. The average molecular weight is 156 g/mol. The van der Waals surface area contributed by atoms with Gasteiger partial charge in [0.2, 0.25) is 0 Å². The lowest BCUT2D eigenvalue weighted by atomic mass is 10.1. The molecule has 0 aliphatic heterocycles. The molecule has 0 aromatic carbocycles. The highest BCUT2D eigenvalue weighted by molar-refractivity contribution is 4.62. The van der Waals surface area contributed by atoms with Crippen LogP contribution in [0.2, 0.25) is 0 Å². The van der Waals surface area contributed by atoms with Gasteiger partial charge in [-0.15, -0.1) is 0 Å². The van der Waals surface area contributed by atoms with Gasteiger partial charge < -0.3 is 4.90 Å². The van der Waals surface area contributed by atoms with Crippen molar-refractivity contribution in [1.82, 2.24) is 4.90 Å². The van der Waals surface area contributed by atoms with Crippen molar-refractivity contribution in [3.05, 3.63) is 6.92 Å². The van der Waals surface area contributed by atoms with E-state index in [-0.39, 0.29) is 0 Å². The van der Waals surface area contributed by atoms with Crippen molar-refractivity contribution < 1.29 is 0 Å². The van der Waals surface area contributed by atoms with Crippen LogP contribution in [0.4, 0.5) is 0 Å². The maximum Gasteiger partial charge on any atom is 0.000449 e. The van der Waals surface area contributed by atoms with Gasteiger partial charge in [0.1, 0.15) is 0 Å². The summed E-state index contributed by atoms with van der Waals surface area (Å²) in [7, 11) is 0. The molecule has 0 aromatic rings. The number of hydrogen-bond acceptors (Lipinski definition) is 1. The molecule has 0 spiro atoms. The Balaban J connectivity index is 3.58. The molecule has 1 heteroatoms. The number of nitrogens with zero attached hydrogens (tertiary/aromatic N) is 1. The van der Waals surface area contributed by atoms with Crippen molar-refractivity contribution >= 4 is 0 Å². The minimum Gasteiger partial charge on any atom is -0.303 e. The summed E-state index contributed by atoms with van der Waals surface area (Å²) in [4.78, 5) is 2.41. The van der Waals surface area contributed by atoms with Crippen LogP contribution < -0.4 is 0 Å². The first-order valence-electron chi connectivity index (χ1n) is 4.57. The van der Waals surface area contributed by atoms with E-state index in [4.69, 9.17) is 0 Å².